The van der Waals surface area contributed by atoms with Crippen LogP contribution in [0.4, 0.5) is 8.78 Å². The Kier molecular flexibility index (Phi) is 3.61. The monoisotopic (exact) mass is 250 g/mol. The van der Waals surface area contributed by atoms with E-state index in [0.717, 1.165) is 16.4 Å². The number of halogens is 2. The van der Waals surface area contributed by atoms with E-state index in [1.165, 1.54) is 14.1 Å². The average Bonchev–Trinajstić information content (AvgIpc) is 2.17. The molecule has 1 aromatic carbocycles. The van der Waals surface area contributed by atoms with Gasteiger partial charge in [-0.1, -0.05) is 0 Å². The van der Waals surface area contributed by atoms with Gasteiger partial charge in [-0.05, 0) is 12.1 Å². The smallest absolute Gasteiger partial charge is 0.245 e. The van der Waals surface area contributed by atoms with Gasteiger partial charge in [-0.3, -0.25) is 0 Å². The van der Waals surface area contributed by atoms with E-state index in [0.29, 0.717) is 0 Å². The molecule has 0 spiro atoms. The summed E-state index contributed by atoms with van der Waals surface area (Å²) in [6.45, 7) is -0.394. The second kappa shape index (κ2) is 4.44. The zero-order chi connectivity index (χ0) is 12.5. The summed E-state index contributed by atoms with van der Waals surface area (Å²) < 4.78 is 50.9. The molecule has 0 aromatic heterocycles. The molecule has 1 rings (SSSR count). The van der Waals surface area contributed by atoms with Crippen LogP contribution in [0.3, 0.4) is 0 Å². The van der Waals surface area contributed by atoms with Crippen molar-refractivity contribution >= 4 is 10.0 Å². The van der Waals surface area contributed by atoms with Gasteiger partial charge in [0, 0.05) is 26.2 Å². The van der Waals surface area contributed by atoms with Crippen molar-refractivity contribution in [3.63, 3.8) is 0 Å². The first-order chi connectivity index (χ1) is 7.32. The lowest BCUT2D eigenvalue weighted by Gasteiger charge is -2.13. The highest BCUT2D eigenvalue weighted by molar-refractivity contribution is 7.89. The Balaban J connectivity index is 3.50. The minimum Gasteiger partial charge on any atom is -0.326 e. The van der Waals surface area contributed by atoms with Crippen molar-refractivity contribution < 1.29 is 17.2 Å². The largest absolute Gasteiger partial charge is 0.326 e. The maximum atomic E-state index is 13.7. The second-order valence-corrected chi connectivity index (χ2v) is 5.45. The lowest BCUT2D eigenvalue weighted by atomic mass is 10.2. The van der Waals surface area contributed by atoms with Crippen molar-refractivity contribution in [2.45, 2.75) is 11.4 Å². The van der Waals surface area contributed by atoms with Gasteiger partial charge in [-0.15, -0.1) is 0 Å². The number of nitrogens with two attached hydrogens (primary N) is 1. The topological polar surface area (TPSA) is 63.4 Å². The molecule has 0 heterocycles. The predicted molar refractivity (Wildman–Crippen MR) is 55.1 cm³/mol. The molecule has 16 heavy (non-hydrogen) atoms. The molecule has 1 aromatic rings. The molecule has 2 N–H and O–H groups in total. The van der Waals surface area contributed by atoms with Crippen LogP contribution < -0.4 is 5.73 Å². The van der Waals surface area contributed by atoms with Gasteiger partial charge in [-0.2, -0.15) is 0 Å². The summed E-state index contributed by atoms with van der Waals surface area (Å²) in [7, 11) is -1.39. The molecule has 0 aliphatic carbocycles. The Morgan fingerprint density at radius 1 is 1.31 bits per heavy atom. The van der Waals surface area contributed by atoms with Gasteiger partial charge in [0.05, 0.1) is 0 Å². The van der Waals surface area contributed by atoms with Crippen LogP contribution in [-0.4, -0.2) is 26.8 Å². The molecule has 0 aliphatic heterocycles. The van der Waals surface area contributed by atoms with Crippen LogP contribution in [0.25, 0.3) is 0 Å². The molecular weight excluding hydrogens is 238 g/mol. The van der Waals surface area contributed by atoms with Gasteiger partial charge in [-0.25, -0.2) is 21.5 Å². The van der Waals surface area contributed by atoms with Crippen molar-refractivity contribution in [3.8, 4) is 0 Å². The molecule has 0 amide bonds. The SMILES string of the molecule is CN(C)S(=O)(=O)c1ccc(F)c(CN)c1F. The molecule has 0 aliphatic rings. The number of nitrogens with zero attached hydrogens (tertiary/aromatic N) is 1. The van der Waals surface area contributed by atoms with Crippen LogP contribution in [0.15, 0.2) is 17.0 Å². The standard InChI is InChI=1S/C9H12F2N2O2S/c1-13(2)16(14,15)8-4-3-7(10)6(5-12)9(8)11/h3-4H,5,12H2,1-2H3. The molecule has 0 fully saturated rings. The highest BCUT2D eigenvalue weighted by atomic mass is 32.2. The Bertz CT molecular complexity index is 500. The summed E-state index contributed by atoms with van der Waals surface area (Å²) in [4.78, 5) is -0.570. The van der Waals surface area contributed by atoms with E-state index in [-0.39, 0.29) is 0 Å². The van der Waals surface area contributed by atoms with Crippen LogP contribution in [0.5, 0.6) is 0 Å². The number of hydrogen-bond acceptors (Lipinski definition) is 3. The molecular formula is C9H12F2N2O2S. The minimum absolute atomic E-state index is 0.394. The van der Waals surface area contributed by atoms with Crippen LogP contribution in [0.2, 0.25) is 0 Å². The van der Waals surface area contributed by atoms with Gasteiger partial charge >= 0.3 is 0 Å². The number of benzene rings is 1. The fraction of sp³-hybridized carbons (Fsp3) is 0.333. The normalized spacial score (nSPS) is 12.1. The van der Waals surface area contributed by atoms with Crippen LogP contribution in [-0.2, 0) is 16.6 Å². The first kappa shape index (κ1) is 13.0. The van der Waals surface area contributed by atoms with Crippen LogP contribution in [0.1, 0.15) is 5.56 Å². The molecule has 0 atom stereocenters. The lowest BCUT2D eigenvalue weighted by Crippen LogP contribution is -2.24. The second-order valence-electron chi connectivity index (χ2n) is 3.33. The van der Waals surface area contributed by atoms with E-state index in [1.807, 2.05) is 0 Å². The summed E-state index contributed by atoms with van der Waals surface area (Å²) in [6, 6.07) is 1.78. The van der Waals surface area contributed by atoms with E-state index in [4.69, 9.17) is 5.73 Å². The maximum absolute atomic E-state index is 13.7. The summed E-state index contributed by atoms with van der Waals surface area (Å²) in [5, 5.41) is 0. The predicted octanol–water partition coefficient (Wildman–Crippen LogP) is 0.674. The van der Waals surface area contributed by atoms with E-state index in [9.17, 15) is 17.2 Å². The third-order valence-corrected chi connectivity index (χ3v) is 3.95. The fourth-order valence-electron chi connectivity index (χ4n) is 1.16. The van der Waals surface area contributed by atoms with E-state index >= 15 is 0 Å². The molecule has 0 unspecified atom stereocenters. The highest BCUT2D eigenvalue weighted by Crippen LogP contribution is 2.22. The van der Waals surface area contributed by atoms with E-state index in [1.54, 1.807) is 0 Å². The Morgan fingerprint density at radius 2 is 1.88 bits per heavy atom. The summed E-state index contributed by atoms with van der Waals surface area (Å²) in [5.74, 6) is -1.98. The summed E-state index contributed by atoms with van der Waals surface area (Å²) in [5.41, 5.74) is 4.72. The minimum atomic E-state index is -3.92. The molecule has 0 bridgehead atoms. The lowest BCUT2D eigenvalue weighted by molar-refractivity contribution is 0.497. The first-order valence-corrected chi connectivity index (χ1v) is 5.85. The van der Waals surface area contributed by atoms with E-state index in [2.05, 4.69) is 0 Å². The Labute approximate surface area is 92.7 Å². The molecule has 0 radical (unpaired) electrons. The third kappa shape index (κ3) is 2.06. The first-order valence-electron chi connectivity index (χ1n) is 4.41. The van der Waals surface area contributed by atoms with Gasteiger partial charge in [0.15, 0.2) is 5.82 Å². The number of sulfonamides is 1. The molecule has 4 nitrogen and oxygen atoms in total. The van der Waals surface area contributed by atoms with Gasteiger partial charge < -0.3 is 5.73 Å². The molecule has 7 heteroatoms. The fourth-order valence-corrected chi connectivity index (χ4v) is 2.14. The number of hydrogen-bond donors (Lipinski definition) is 1. The Morgan fingerprint density at radius 3 is 2.31 bits per heavy atom. The van der Waals surface area contributed by atoms with Crippen molar-refractivity contribution in [3.05, 3.63) is 29.3 Å². The maximum Gasteiger partial charge on any atom is 0.245 e. The molecule has 0 saturated carbocycles. The zero-order valence-electron chi connectivity index (χ0n) is 8.87. The van der Waals surface area contributed by atoms with Crippen LogP contribution in [0, 0.1) is 11.6 Å². The Hall–Kier alpha value is -1.05. The van der Waals surface area contributed by atoms with Gasteiger partial charge in [0.2, 0.25) is 10.0 Å². The van der Waals surface area contributed by atoms with Gasteiger partial charge in [0.25, 0.3) is 0 Å². The van der Waals surface area contributed by atoms with Crippen molar-refractivity contribution in [1.82, 2.24) is 4.31 Å². The summed E-state index contributed by atoms with van der Waals surface area (Å²) >= 11 is 0. The molecule has 90 valence electrons. The average molecular weight is 250 g/mol. The van der Waals surface area contributed by atoms with Crippen molar-refractivity contribution in [2.75, 3.05) is 14.1 Å². The summed E-state index contributed by atoms with van der Waals surface area (Å²) in [6.07, 6.45) is 0. The van der Waals surface area contributed by atoms with Gasteiger partial charge in [0.1, 0.15) is 10.7 Å². The van der Waals surface area contributed by atoms with Crippen molar-refractivity contribution in [2.24, 2.45) is 5.73 Å². The van der Waals surface area contributed by atoms with Crippen LogP contribution >= 0.6 is 0 Å². The van der Waals surface area contributed by atoms with Crippen molar-refractivity contribution in [1.29, 1.82) is 0 Å². The quantitative estimate of drug-likeness (QED) is 0.857. The third-order valence-electron chi connectivity index (χ3n) is 2.11. The highest BCUT2D eigenvalue weighted by Gasteiger charge is 2.24. The number of rotatable bonds is 3. The molecule has 0 saturated heterocycles. The zero-order valence-corrected chi connectivity index (χ0v) is 9.68. The van der Waals surface area contributed by atoms with E-state index < -0.39 is 38.7 Å².